The van der Waals surface area contributed by atoms with E-state index >= 15 is 0 Å². The fourth-order valence-electron chi connectivity index (χ4n) is 2.28. The van der Waals surface area contributed by atoms with Gasteiger partial charge in [0, 0.05) is 11.6 Å². The van der Waals surface area contributed by atoms with Crippen molar-refractivity contribution in [3.05, 3.63) is 57.9 Å². The number of rotatable bonds is 4. The summed E-state index contributed by atoms with van der Waals surface area (Å²) in [5.74, 6) is 0.253. The Morgan fingerprint density at radius 2 is 1.80 bits per heavy atom. The molecule has 3 heteroatoms. The molecule has 0 saturated heterocycles. The van der Waals surface area contributed by atoms with Crippen molar-refractivity contribution in [2.75, 3.05) is 0 Å². The lowest BCUT2D eigenvalue weighted by Gasteiger charge is -2.19. The number of halogens is 1. The van der Waals surface area contributed by atoms with E-state index in [1.165, 1.54) is 5.56 Å². The van der Waals surface area contributed by atoms with E-state index < -0.39 is 0 Å². The molecule has 0 bridgehead atoms. The summed E-state index contributed by atoms with van der Waals surface area (Å²) in [5.41, 5.74) is 3.91. The summed E-state index contributed by atoms with van der Waals surface area (Å²) in [4.78, 5) is 12.5. The maximum atomic E-state index is 12.5. The van der Waals surface area contributed by atoms with Gasteiger partial charge in [0.25, 0.3) is 5.56 Å². The van der Waals surface area contributed by atoms with Crippen molar-refractivity contribution in [1.29, 1.82) is 0 Å². The van der Waals surface area contributed by atoms with E-state index in [1.54, 1.807) is 0 Å². The van der Waals surface area contributed by atoms with Gasteiger partial charge >= 0.3 is 0 Å². The molecule has 0 spiro atoms. The van der Waals surface area contributed by atoms with Crippen molar-refractivity contribution < 1.29 is 0 Å². The molecule has 2 aromatic rings. The van der Waals surface area contributed by atoms with Crippen LogP contribution in [0.1, 0.15) is 37.4 Å². The smallest absolute Gasteiger partial charge is 0.255 e. The van der Waals surface area contributed by atoms with Gasteiger partial charge in [0.2, 0.25) is 0 Å². The van der Waals surface area contributed by atoms with Gasteiger partial charge in [-0.15, -0.1) is 11.6 Å². The fraction of sp³-hybridized carbons (Fsp3) is 0.353. The first-order valence-corrected chi connectivity index (χ1v) is 7.49. The third-order valence-corrected chi connectivity index (χ3v) is 4.01. The number of alkyl halides is 1. The minimum Gasteiger partial charge on any atom is -0.305 e. The molecule has 1 aromatic carbocycles. The number of hydrogen-bond donors (Lipinski definition) is 0. The molecule has 0 aliphatic heterocycles. The lowest BCUT2D eigenvalue weighted by atomic mass is 10.1. The molecule has 2 nitrogen and oxygen atoms in total. The zero-order valence-corrected chi connectivity index (χ0v) is 12.9. The van der Waals surface area contributed by atoms with Gasteiger partial charge < -0.3 is 4.57 Å². The van der Waals surface area contributed by atoms with E-state index in [0.717, 1.165) is 17.7 Å². The van der Waals surface area contributed by atoms with E-state index in [2.05, 4.69) is 45.0 Å². The van der Waals surface area contributed by atoms with E-state index in [9.17, 15) is 4.79 Å². The van der Waals surface area contributed by atoms with Crippen molar-refractivity contribution >= 4 is 11.6 Å². The molecule has 0 fully saturated rings. The minimum absolute atomic E-state index is 0.0208. The van der Waals surface area contributed by atoms with Gasteiger partial charge in [0.1, 0.15) is 0 Å². The Morgan fingerprint density at radius 1 is 1.15 bits per heavy atom. The van der Waals surface area contributed by atoms with E-state index in [1.807, 2.05) is 16.7 Å². The van der Waals surface area contributed by atoms with E-state index in [-0.39, 0.29) is 17.5 Å². The lowest BCUT2D eigenvalue weighted by Crippen LogP contribution is -2.27. The van der Waals surface area contributed by atoms with Crippen LogP contribution >= 0.6 is 11.6 Å². The predicted octanol–water partition coefficient (Wildman–Crippen LogP) is 4.53. The molecule has 0 amide bonds. The summed E-state index contributed by atoms with van der Waals surface area (Å²) in [6, 6.07) is 12.2. The molecule has 20 heavy (non-hydrogen) atoms. The second kappa shape index (κ2) is 6.27. The monoisotopic (exact) mass is 289 g/mol. The van der Waals surface area contributed by atoms with Crippen LogP contribution in [0.5, 0.6) is 0 Å². The van der Waals surface area contributed by atoms with Gasteiger partial charge in [-0.25, -0.2) is 0 Å². The first-order valence-electron chi connectivity index (χ1n) is 6.96. The van der Waals surface area contributed by atoms with Crippen LogP contribution in [-0.4, -0.2) is 4.57 Å². The average molecular weight is 290 g/mol. The highest BCUT2D eigenvalue weighted by molar-refractivity contribution is 6.17. The Morgan fingerprint density at radius 3 is 2.35 bits per heavy atom. The molecular weight excluding hydrogens is 270 g/mol. The summed E-state index contributed by atoms with van der Waals surface area (Å²) >= 11 is 5.86. The molecule has 1 heterocycles. The van der Waals surface area contributed by atoms with Gasteiger partial charge in [0.15, 0.2) is 0 Å². The number of pyridine rings is 1. The molecule has 0 radical (unpaired) electrons. The standard InChI is InChI=1S/C17H20ClNO/c1-4-13(3)19-16(10-9-15(11-18)17(19)20)14-7-5-12(2)6-8-14/h5-10,13H,4,11H2,1-3H3. The van der Waals surface area contributed by atoms with Crippen LogP contribution in [0, 0.1) is 6.92 Å². The molecule has 1 atom stereocenters. The van der Waals surface area contributed by atoms with Gasteiger partial charge in [0.05, 0.1) is 11.6 Å². The van der Waals surface area contributed by atoms with Crippen LogP contribution < -0.4 is 5.56 Å². The topological polar surface area (TPSA) is 22.0 Å². The Labute approximate surface area is 125 Å². The van der Waals surface area contributed by atoms with Gasteiger partial charge in [-0.1, -0.05) is 42.8 Å². The van der Waals surface area contributed by atoms with Crippen LogP contribution in [0.25, 0.3) is 11.3 Å². The molecule has 1 aromatic heterocycles. The van der Waals surface area contributed by atoms with Gasteiger partial charge in [-0.05, 0) is 31.9 Å². The number of aromatic nitrogens is 1. The van der Waals surface area contributed by atoms with Crippen LogP contribution in [-0.2, 0) is 5.88 Å². The van der Waals surface area contributed by atoms with E-state index in [4.69, 9.17) is 11.6 Å². The zero-order valence-electron chi connectivity index (χ0n) is 12.2. The Bertz CT molecular complexity index is 643. The first kappa shape index (κ1) is 14.9. The second-order valence-corrected chi connectivity index (χ2v) is 5.44. The largest absolute Gasteiger partial charge is 0.305 e. The summed E-state index contributed by atoms with van der Waals surface area (Å²) in [6.45, 7) is 6.21. The minimum atomic E-state index is 0.0208. The number of hydrogen-bond acceptors (Lipinski definition) is 1. The van der Waals surface area contributed by atoms with Crippen molar-refractivity contribution in [2.45, 2.75) is 39.1 Å². The number of aryl methyl sites for hydroxylation is 1. The summed E-state index contributed by atoms with van der Waals surface area (Å²) < 4.78 is 1.86. The van der Waals surface area contributed by atoms with Crippen molar-refractivity contribution in [2.24, 2.45) is 0 Å². The quantitative estimate of drug-likeness (QED) is 0.758. The van der Waals surface area contributed by atoms with Crippen LogP contribution in [0.3, 0.4) is 0 Å². The molecule has 1 unspecified atom stereocenters. The Balaban J connectivity index is 2.66. The average Bonchev–Trinajstić information content (AvgIpc) is 2.47. The maximum absolute atomic E-state index is 12.5. The predicted molar refractivity (Wildman–Crippen MR) is 85.4 cm³/mol. The maximum Gasteiger partial charge on any atom is 0.255 e. The van der Waals surface area contributed by atoms with Gasteiger partial charge in [-0.2, -0.15) is 0 Å². The highest BCUT2D eigenvalue weighted by Gasteiger charge is 2.14. The van der Waals surface area contributed by atoms with Crippen molar-refractivity contribution in [1.82, 2.24) is 4.57 Å². The first-order chi connectivity index (χ1) is 9.58. The van der Waals surface area contributed by atoms with Crippen molar-refractivity contribution in [3.63, 3.8) is 0 Å². The summed E-state index contributed by atoms with van der Waals surface area (Å²) in [5, 5.41) is 0. The summed E-state index contributed by atoms with van der Waals surface area (Å²) in [6.07, 6.45) is 0.907. The third kappa shape index (κ3) is 2.80. The van der Waals surface area contributed by atoms with Crippen LogP contribution in [0.15, 0.2) is 41.2 Å². The highest BCUT2D eigenvalue weighted by Crippen LogP contribution is 2.23. The molecule has 0 aliphatic carbocycles. The third-order valence-electron chi connectivity index (χ3n) is 3.72. The van der Waals surface area contributed by atoms with E-state index in [0.29, 0.717) is 5.56 Å². The molecular formula is C17H20ClNO. The molecule has 0 N–H and O–H groups in total. The normalized spacial score (nSPS) is 12.4. The van der Waals surface area contributed by atoms with Crippen LogP contribution in [0.4, 0.5) is 0 Å². The van der Waals surface area contributed by atoms with Crippen molar-refractivity contribution in [3.8, 4) is 11.3 Å². The molecule has 2 rings (SSSR count). The lowest BCUT2D eigenvalue weighted by molar-refractivity contribution is 0.517. The molecule has 0 aliphatic rings. The zero-order chi connectivity index (χ0) is 14.7. The fourth-order valence-corrected chi connectivity index (χ4v) is 2.48. The molecule has 0 saturated carbocycles. The van der Waals surface area contributed by atoms with Crippen LogP contribution in [0.2, 0.25) is 0 Å². The highest BCUT2D eigenvalue weighted by atomic mass is 35.5. The number of benzene rings is 1. The number of nitrogens with zero attached hydrogens (tertiary/aromatic N) is 1. The Kier molecular flexibility index (Phi) is 4.66. The second-order valence-electron chi connectivity index (χ2n) is 5.18. The van der Waals surface area contributed by atoms with Gasteiger partial charge in [-0.3, -0.25) is 4.79 Å². The summed E-state index contributed by atoms with van der Waals surface area (Å²) in [7, 11) is 0. The Hall–Kier alpha value is -1.54. The molecule has 106 valence electrons. The SMILES string of the molecule is CCC(C)n1c(-c2ccc(C)cc2)ccc(CCl)c1=O.